The van der Waals surface area contributed by atoms with Gasteiger partial charge in [-0.1, -0.05) is 18.9 Å². The fraction of sp³-hybridized carbons (Fsp3) is 0.360. The molecule has 2 aromatic heterocycles. The molecule has 6 nitrogen and oxygen atoms in total. The minimum Gasteiger partial charge on any atom is -0.497 e. The van der Waals surface area contributed by atoms with Crippen molar-refractivity contribution >= 4 is 23.0 Å². The molecule has 0 unspecified atom stereocenters. The van der Waals surface area contributed by atoms with E-state index in [-0.39, 0.29) is 12.1 Å². The quantitative estimate of drug-likeness (QED) is 0.524. The molecular formula is C25H28N4O2S. The second kappa shape index (κ2) is 8.82. The van der Waals surface area contributed by atoms with Gasteiger partial charge in [-0.2, -0.15) is 0 Å². The lowest BCUT2D eigenvalue weighted by molar-refractivity contribution is 0.393. The van der Waals surface area contributed by atoms with Crippen molar-refractivity contribution in [2.75, 3.05) is 19.1 Å². The summed E-state index contributed by atoms with van der Waals surface area (Å²) in [6.45, 7) is 0. The van der Waals surface area contributed by atoms with Crippen molar-refractivity contribution < 1.29 is 9.47 Å². The highest BCUT2D eigenvalue weighted by Gasteiger charge is 2.43. The van der Waals surface area contributed by atoms with Crippen LogP contribution in [0.3, 0.4) is 0 Å². The molecule has 1 saturated heterocycles. The van der Waals surface area contributed by atoms with Gasteiger partial charge in [0.1, 0.15) is 17.5 Å². The third-order valence-corrected chi connectivity index (χ3v) is 6.89. The first-order valence-corrected chi connectivity index (χ1v) is 11.5. The molecule has 2 atom stereocenters. The van der Waals surface area contributed by atoms with Crippen LogP contribution in [0.4, 0.5) is 5.69 Å². The number of anilines is 1. The Kier molecular flexibility index (Phi) is 5.74. The van der Waals surface area contributed by atoms with E-state index in [1.165, 1.54) is 31.4 Å². The molecule has 0 radical (unpaired) electrons. The molecule has 2 fully saturated rings. The van der Waals surface area contributed by atoms with Gasteiger partial charge in [-0.15, -0.1) is 0 Å². The number of hydrogen-bond acceptors (Lipinski definition) is 4. The Balaban J connectivity index is 1.65. The second-order valence-electron chi connectivity index (χ2n) is 8.31. The molecule has 1 saturated carbocycles. The summed E-state index contributed by atoms with van der Waals surface area (Å²) in [5.41, 5.74) is 3.11. The number of aromatic nitrogens is 2. The molecule has 1 aliphatic carbocycles. The molecular weight excluding hydrogens is 420 g/mol. The Morgan fingerprint density at radius 1 is 1.03 bits per heavy atom. The first-order valence-electron chi connectivity index (χ1n) is 11.1. The fourth-order valence-corrected chi connectivity index (χ4v) is 5.41. The van der Waals surface area contributed by atoms with E-state index in [0.717, 1.165) is 22.9 Å². The number of hydrogen-bond donors (Lipinski definition) is 1. The van der Waals surface area contributed by atoms with Crippen LogP contribution in [0.25, 0.3) is 0 Å². The van der Waals surface area contributed by atoms with Crippen LogP contribution in [0, 0.1) is 0 Å². The maximum Gasteiger partial charge on any atom is 0.174 e. The number of nitrogens with zero attached hydrogens (tertiary/aromatic N) is 3. The molecule has 1 aliphatic heterocycles. The molecule has 5 rings (SSSR count). The highest BCUT2D eigenvalue weighted by atomic mass is 32.1. The summed E-state index contributed by atoms with van der Waals surface area (Å²) in [7, 11) is 3.34. The van der Waals surface area contributed by atoms with E-state index >= 15 is 0 Å². The summed E-state index contributed by atoms with van der Waals surface area (Å²) < 4.78 is 13.6. The highest BCUT2D eigenvalue weighted by Crippen LogP contribution is 2.46. The van der Waals surface area contributed by atoms with Crippen LogP contribution in [0.15, 0.2) is 60.9 Å². The predicted octanol–water partition coefficient (Wildman–Crippen LogP) is 5.19. The van der Waals surface area contributed by atoms with Crippen molar-refractivity contribution in [1.82, 2.24) is 14.9 Å². The number of ether oxygens (including phenoxy) is 2. The number of benzene rings is 1. The largest absolute Gasteiger partial charge is 0.497 e. The van der Waals surface area contributed by atoms with E-state index < -0.39 is 0 Å². The van der Waals surface area contributed by atoms with Crippen molar-refractivity contribution in [1.29, 1.82) is 0 Å². The Morgan fingerprint density at radius 2 is 1.88 bits per heavy atom. The first kappa shape index (κ1) is 20.8. The zero-order valence-electron chi connectivity index (χ0n) is 18.4. The van der Waals surface area contributed by atoms with Crippen LogP contribution in [0.2, 0.25) is 0 Å². The van der Waals surface area contributed by atoms with Crippen molar-refractivity contribution in [3.05, 3.63) is 72.3 Å². The maximum absolute atomic E-state index is 5.89. The molecule has 0 amide bonds. The van der Waals surface area contributed by atoms with Crippen LogP contribution < -0.4 is 19.7 Å². The molecule has 1 N–H and O–H groups in total. The van der Waals surface area contributed by atoms with E-state index in [1.807, 2.05) is 36.5 Å². The van der Waals surface area contributed by atoms with Gasteiger partial charge in [0.2, 0.25) is 0 Å². The topological polar surface area (TPSA) is 51.5 Å². The van der Waals surface area contributed by atoms with Crippen LogP contribution in [-0.2, 0) is 0 Å². The van der Waals surface area contributed by atoms with Crippen LogP contribution in [0.1, 0.15) is 55.2 Å². The van der Waals surface area contributed by atoms with E-state index in [2.05, 4.69) is 44.2 Å². The molecule has 2 aliphatic rings. The third-order valence-electron chi connectivity index (χ3n) is 6.58. The van der Waals surface area contributed by atoms with Crippen LogP contribution in [0.5, 0.6) is 11.5 Å². The number of nitrogens with one attached hydrogen (secondary N) is 1. The molecule has 1 aromatic carbocycles. The van der Waals surface area contributed by atoms with Crippen molar-refractivity contribution in [3.63, 3.8) is 0 Å². The lowest BCUT2D eigenvalue weighted by Gasteiger charge is -2.31. The van der Waals surface area contributed by atoms with Crippen molar-refractivity contribution in [2.24, 2.45) is 0 Å². The maximum atomic E-state index is 5.89. The van der Waals surface area contributed by atoms with E-state index in [4.69, 9.17) is 21.7 Å². The number of rotatable bonds is 6. The van der Waals surface area contributed by atoms with Crippen molar-refractivity contribution in [2.45, 2.75) is 43.8 Å². The summed E-state index contributed by atoms with van der Waals surface area (Å²) in [5, 5.41) is 4.21. The van der Waals surface area contributed by atoms with E-state index in [0.29, 0.717) is 11.2 Å². The molecule has 0 spiro atoms. The van der Waals surface area contributed by atoms with Gasteiger partial charge in [0.15, 0.2) is 5.11 Å². The smallest absolute Gasteiger partial charge is 0.174 e. The standard InChI is InChI=1S/C25H28N4O2S/c1-30-18-12-13-20(22(16-18)31-2)29-24(21-11-7-15-28(21)17-8-3-4-9-17)23(27-25(29)32)19-10-5-6-14-26-19/h5-7,10-17,23-24H,3-4,8-9H2,1-2H3,(H,27,32)/t23-,24-/m1/s1. The predicted molar refractivity (Wildman–Crippen MR) is 129 cm³/mol. The Bertz CT molecular complexity index is 1090. The Labute approximate surface area is 194 Å². The SMILES string of the molecule is COc1ccc(N2C(=S)N[C@H](c3ccccn3)[C@H]2c2cccn2C2CCCC2)c(OC)c1. The normalized spacial score (nSPS) is 21.1. The average Bonchev–Trinajstić information content (AvgIpc) is 3.58. The number of methoxy groups -OCH3 is 2. The summed E-state index contributed by atoms with van der Waals surface area (Å²) in [6, 6.07) is 16.6. The molecule has 3 aromatic rings. The summed E-state index contributed by atoms with van der Waals surface area (Å²) in [4.78, 5) is 6.85. The van der Waals surface area contributed by atoms with Crippen molar-refractivity contribution in [3.8, 4) is 11.5 Å². The van der Waals surface area contributed by atoms with Gasteiger partial charge in [0, 0.05) is 30.2 Å². The number of thiocarbonyl (C=S) groups is 1. The lowest BCUT2D eigenvalue weighted by Crippen LogP contribution is -2.31. The zero-order chi connectivity index (χ0) is 22.1. The Hall–Kier alpha value is -3.06. The zero-order valence-corrected chi connectivity index (χ0v) is 19.2. The average molecular weight is 449 g/mol. The second-order valence-corrected chi connectivity index (χ2v) is 8.70. The summed E-state index contributed by atoms with van der Waals surface area (Å²) in [5.74, 6) is 1.47. The fourth-order valence-electron chi connectivity index (χ4n) is 5.07. The van der Waals surface area contributed by atoms with Crippen LogP contribution >= 0.6 is 12.2 Å². The summed E-state index contributed by atoms with van der Waals surface area (Å²) in [6.07, 6.45) is 9.04. The van der Waals surface area contributed by atoms with Gasteiger partial charge in [0.05, 0.1) is 31.6 Å². The number of pyridine rings is 1. The lowest BCUT2D eigenvalue weighted by atomic mass is 10.00. The summed E-state index contributed by atoms with van der Waals surface area (Å²) >= 11 is 5.89. The third kappa shape index (κ3) is 3.60. The van der Waals surface area contributed by atoms with Gasteiger partial charge in [-0.05, 0) is 61.5 Å². The molecule has 3 heterocycles. The Morgan fingerprint density at radius 3 is 2.59 bits per heavy atom. The van der Waals surface area contributed by atoms with Crippen LogP contribution in [-0.4, -0.2) is 28.9 Å². The van der Waals surface area contributed by atoms with E-state index in [1.54, 1.807) is 14.2 Å². The van der Waals surface area contributed by atoms with Gasteiger partial charge >= 0.3 is 0 Å². The molecule has 166 valence electrons. The minimum atomic E-state index is -0.0782. The molecule has 32 heavy (non-hydrogen) atoms. The van der Waals surface area contributed by atoms with Gasteiger partial charge in [0.25, 0.3) is 0 Å². The van der Waals surface area contributed by atoms with Gasteiger partial charge in [-0.25, -0.2) is 0 Å². The highest BCUT2D eigenvalue weighted by molar-refractivity contribution is 7.80. The van der Waals surface area contributed by atoms with E-state index in [9.17, 15) is 0 Å². The monoisotopic (exact) mass is 448 g/mol. The molecule has 7 heteroatoms. The van der Waals surface area contributed by atoms with Gasteiger partial charge < -0.3 is 24.3 Å². The first-order chi connectivity index (χ1) is 15.7. The van der Waals surface area contributed by atoms with Gasteiger partial charge in [-0.3, -0.25) is 4.98 Å². The minimum absolute atomic E-state index is 0.0599. The molecule has 0 bridgehead atoms.